The molecule has 1 saturated heterocycles. The second kappa shape index (κ2) is 8.48. The minimum absolute atomic E-state index is 0.222. The molecule has 0 spiro atoms. The molecule has 2 aromatic carbocycles. The summed E-state index contributed by atoms with van der Waals surface area (Å²) in [6.45, 7) is 5.33. The van der Waals surface area contributed by atoms with E-state index in [4.69, 9.17) is 0 Å². The third-order valence-corrected chi connectivity index (χ3v) is 8.42. The Morgan fingerprint density at radius 3 is 2.52 bits per heavy atom. The smallest absolute Gasteiger partial charge is 0.268 e. The number of sulfonamides is 1. The summed E-state index contributed by atoms with van der Waals surface area (Å²) >= 11 is 0. The van der Waals surface area contributed by atoms with Crippen molar-refractivity contribution in [3.05, 3.63) is 65.5 Å². The van der Waals surface area contributed by atoms with Crippen LogP contribution in [0.1, 0.15) is 41.5 Å². The number of rotatable bonds is 5. The molecule has 1 amide bonds. The van der Waals surface area contributed by atoms with Gasteiger partial charge < -0.3 is 9.88 Å². The average molecular weight is 440 g/mol. The van der Waals surface area contributed by atoms with Crippen molar-refractivity contribution in [1.29, 1.82) is 0 Å². The van der Waals surface area contributed by atoms with E-state index in [2.05, 4.69) is 12.2 Å². The van der Waals surface area contributed by atoms with Crippen LogP contribution in [0.2, 0.25) is 0 Å². The molecule has 0 atom stereocenters. The molecule has 7 heteroatoms. The van der Waals surface area contributed by atoms with Crippen LogP contribution < -0.4 is 5.32 Å². The first-order valence-corrected chi connectivity index (χ1v) is 12.1. The molecule has 3 aromatic rings. The first-order chi connectivity index (χ1) is 14.8. The first kappa shape index (κ1) is 21.6. The van der Waals surface area contributed by atoms with Crippen molar-refractivity contribution in [3.63, 3.8) is 0 Å². The fourth-order valence-corrected chi connectivity index (χ4v) is 5.97. The number of hydrogen-bond donors (Lipinski definition) is 1. The fourth-order valence-electron chi connectivity index (χ4n) is 4.23. The molecule has 0 saturated carbocycles. The van der Waals surface area contributed by atoms with Crippen LogP contribution in [-0.4, -0.2) is 36.3 Å². The molecule has 6 nitrogen and oxygen atoms in total. The summed E-state index contributed by atoms with van der Waals surface area (Å²) in [6.07, 6.45) is 1.73. The lowest BCUT2D eigenvalue weighted by Crippen LogP contribution is -2.38. The predicted octanol–water partition coefficient (Wildman–Crippen LogP) is 3.84. The molecule has 164 valence electrons. The zero-order valence-electron chi connectivity index (χ0n) is 18.3. The lowest BCUT2D eigenvalue weighted by molar-refractivity contribution is 0.0942. The largest absolute Gasteiger partial charge is 0.347 e. The summed E-state index contributed by atoms with van der Waals surface area (Å²) in [5, 5.41) is 5.17. The second-order valence-corrected chi connectivity index (χ2v) is 10.4. The molecule has 1 aliphatic heterocycles. The van der Waals surface area contributed by atoms with Crippen LogP contribution in [0, 0.1) is 12.8 Å². The Hall–Kier alpha value is -2.64. The van der Waals surface area contributed by atoms with Crippen LogP contribution >= 0.6 is 0 Å². The number of carbonyl (C=O) groups excluding carboxylic acids is 1. The molecular weight excluding hydrogens is 410 g/mol. The molecule has 1 aromatic heterocycles. The highest BCUT2D eigenvalue weighted by molar-refractivity contribution is 7.89. The van der Waals surface area contributed by atoms with Gasteiger partial charge >= 0.3 is 0 Å². The molecule has 1 aliphatic rings. The third kappa shape index (κ3) is 4.12. The Morgan fingerprint density at radius 2 is 1.77 bits per heavy atom. The summed E-state index contributed by atoms with van der Waals surface area (Å²) < 4.78 is 29.6. The average Bonchev–Trinajstić information content (AvgIpc) is 3.07. The van der Waals surface area contributed by atoms with Crippen molar-refractivity contribution in [2.75, 3.05) is 13.1 Å². The van der Waals surface area contributed by atoms with Crippen molar-refractivity contribution >= 4 is 26.7 Å². The molecule has 1 N–H and O–H groups in total. The van der Waals surface area contributed by atoms with E-state index in [1.165, 1.54) is 6.07 Å². The first-order valence-electron chi connectivity index (χ1n) is 10.7. The third-order valence-electron chi connectivity index (χ3n) is 6.40. The Kier molecular flexibility index (Phi) is 5.90. The van der Waals surface area contributed by atoms with E-state index in [1.807, 2.05) is 42.5 Å². The zero-order valence-corrected chi connectivity index (χ0v) is 19.1. The van der Waals surface area contributed by atoms with Gasteiger partial charge in [-0.15, -0.1) is 0 Å². The van der Waals surface area contributed by atoms with E-state index in [0.717, 1.165) is 29.2 Å². The van der Waals surface area contributed by atoms with Crippen LogP contribution in [0.4, 0.5) is 0 Å². The lowest BCUT2D eigenvalue weighted by Gasteiger charge is -2.29. The molecular formula is C24H29N3O3S. The number of piperidine rings is 1. The van der Waals surface area contributed by atoms with Gasteiger partial charge in [0.25, 0.3) is 5.91 Å². The van der Waals surface area contributed by atoms with Gasteiger partial charge in [0.15, 0.2) is 0 Å². The van der Waals surface area contributed by atoms with Crippen LogP contribution in [-0.2, 0) is 23.6 Å². The maximum Gasteiger partial charge on any atom is 0.268 e. The molecule has 0 radical (unpaired) electrons. The van der Waals surface area contributed by atoms with E-state index in [0.29, 0.717) is 36.9 Å². The highest BCUT2D eigenvalue weighted by Gasteiger charge is 2.32. The van der Waals surface area contributed by atoms with Crippen molar-refractivity contribution in [2.24, 2.45) is 13.0 Å². The van der Waals surface area contributed by atoms with E-state index >= 15 is 0 Å². The molecule has 0 aliphatic carbocycles. The normalized spacial score (nSPS) is 16.0. The Morgan fingerprint density at radius 1 is 1.10 bits per heavy atom. The number of benzene rings is 2. The molecule has 0 bridgehead atoms. The van der Waals surface area contributed by atoms with Crippen LogP contribution in [0.25, 0.3) is 10.8 Å². The number of carbonyl (C=O) groups is 1. The van der Waals surface area contributed by atoms with E-state index < -0.39 is 10.0 Å². The fraction of sp³-hybridized carbons (Fsp3) is 0.375. The van der Waals surface area contributed by atoms with E-state index in [1.54, 1.807) is 22.8 Å². The maximum atomic E-state index is 13.2. The number of nitrogens with zero attached hydrogens (tertiary/aromatic N) is 2. The topological polar surface area (TPSA) is 71.4 Å². The Bertz CT molecular complexity index is 1220. The highest BCUT2D eigenvalue weighted by Crippen LogP contribution is 2.27. The summed E-state index contributed by atoms with van der Waals surface area (Å²) in [7, 11) is -1.88. The quantitative estimate of drug-likeness (QED) is 0.657. The lowest BCUT2D eigenvalue weighted by atomic mass is 10.0. The van der Waals surface area contributed by atoms with E-state index in [-0.39, 0.29) is 10.8 Å². The summed E-state index contributed by atoms with van der Waals surface area (Å²) in [4.78, 5) is 13.2. The van der Waals surface area contributed by atoms with E-state index in [9.17, 15) is 13.2 Å². The maximum absolute atomic E-state index is 13.2. The number of nitrogens with one attached hydrogen (secondary N) is 1. The molecule has 1 fully saturated rings. The second-order valence-electron chi connectivity index (χ2n) is 8.45. The standard InChI is InChI=1S/C24H29N3O3S/c1-17-11-13-27(14-12-17)31(29,30)23-15-22(26(3)18(23)2)24(28)25-16-20-9-6-8-19-7-4-5-10-21(19)20/h4-10,15,17H,11-14,16H2,1-3H3,(H,25,28). The summed E-state index contributed by atoms with van der Waals surface area (Å²) in [5.41, 5.74) is 1.95. The molecule has 0 unspecified atom stereocenters. The van der Waals surface area contributed by atoms with Gasteiger partial charge in [0, 0.05) is 32.4 Å². The van der Waals surface area contributed by atoms with Gasteiger partial charge in [-0.05, 0) is 48.1 Å². The van der Waals surface area contributed by atoms with Crippen molar-refractivity contribution in [3.8, 4) is 0 Å². The summed E-state index contributed by atoms with van der Waals surface area (Å²) in [5.74, 6) is 0.256. The van der Waals surface area contributed by atoms with Gasteiger partial charge in [0.2, 0.25) is 10.0 Å². The van der Waals surface area contributed by atoms with Crippen molar-refractivity contribution in [2.45, 2.75) is 38.1 Å². The Labute approximate surface area is 183 Å². The van der Waals surface area contributed by atoms with Crippen LogP contribution in [0.5, 0.6) is 0 Å². The van der Waals surface area contributed by atoms with Crippen LogP contribution in [0.15, 0.2) is 53.4 Å². The van der Waals surface area contributed by atoms with Crippen LogP contribution in [0.3, 0.4) is 0 Å². The zero-order chi connectivity index (χ0) is 22.2. The molecule has 2 heterocycles. The Balaban J connectivity index is 1.55. The number of hydrogen-bond acceptors (Lipinski definition) is 3. The number of aromatic nitrogens is 1. The predicted molar refractivity (Wildman–Crippen MR) is 122 cm³/mol. The minimum Gasteiger partial charge on any atom is -0.347 e. The van der Waals surface area contributed by atoms with Gasteiger partial charge in [-0.2, -0.15) is 4.31 Å². The van der Waals surface area contributed by atoms with Crippen molar-refractivity contribution < 1.29 is 13.2 Å². The molecule has 4 rings (SSSR count). The van der Waals surface area contributed by atoms with Gasteiger partial charge in [0.05, 0.1) is 0 Å². The monoisotopic (exact) mass is 439 g/mol. The SMILES string of the molecule is Cc1c(S(=O)(=O)N2CCC(C)CC2)cc(C(=O)NCc2cccc3ccccc23)n1C. The highest BCUT2D eigenvalue weighted by atomic mass is 32.2. The van der Waals surface area contributed by atoms with Gasteiger partial charge in [-0.25, -0.2) is 8.42 Å². The number of fused-ring (bicyclic) bond motifs is 1. The minimum atomic E-state index is -3.61. The van der Waals surface area contributed by atoms with Gasteiger partial charge in [-0.1, -0.05) is 49.4 Å². The number of amides is 1. The van der Waals surface area contributed by atoms with Gasteiger partial charge in [0.1, 0.15) is 10.6 Å². The molecule has 31 heavy (non-hydrogen) atoms. The van der Waals surface area contributed by atoms with Crippen molar-refractivity contribution in [1.82, 2.24) is 14.2 Å². The summed E-state index contributed by atoms with van der Waals surface area (Å²) in [6, 6.07) is 15.6. The van der Waals surface area contributed by atoms with Gasteiger partial charge in [-0.3, -0.25) is 4.79 Å².